The Labute approximate surface area is 293 Å². The zero-order valence-corrected chi connectivity index (χ0v) is 30.4. The molecule has 0 radical (unpaired) electrons. The minimum absolute atomic E-state index is 0.135. The highest BCUT2D eigenvalue weighted by molar-refractivity contribution is 9.10. The summed E-state index contributed by atoms with van der Waals surface area (Å²) < 4.78 is 124. The van der Waals surface area contributed by atoms with E-state index < -0.39 is 89.0 Å². The molecule has 4 rings (SSSR count). The predicted molar refractivity (Wildman–Crippen MR) is 169 cm³/mol. The van der Waals surface area contributed by atoms with E-state index in [4.69, 9.17) is 19.9 Å². The van der Waals surface area contributed by atoms with Crippen molar-refractivity contribution in [1.29, 1.82) is 0 Å². The van der Waals surface area contributed by atoms with Crippen LogP contribution in [0.3, 0.4) is 0 Å². The summed E-state index contributed by atoms with van der Waals surface area (Å²) in [4.78, 5) is 28.1. The number of carbonyl (C=O) groups is 1. The molecule has 2 aromatic heterocycles. The van der Waals surface area contributed by atoms with Crippen LogP contribution in [0, 0.1) is 11.6 Å². The smallest absolute Gasteiger partial charge is 0.424 e. The first-order valence-electron chi connectivity index (χ1n) is 14.3. The molecule has 0 fully saturated rings. The van der Waals surface area contributed by atoms with Crippen LogP contribution in [0.1, 0.15) is 66.3 Å². The van der Waals surface area contributed by atoms with E-state index in [0.29, 0.717) is 4.60 Å². The molecule has 4 atom stereocenters. The van der Waals surface area contributed by atoms with Crippen LogP contribution in [-0.4, -0.2) is 69.9 Å². The van der Waals surface area contributed by atoms with Crippen molar-refractivity contribution in [3.05, 3.63) is 56.5 Å². The lowest BCUT2D eigenvalue weighted by Crippen LogP contribution is -2.60. The van der Waals surface area contributed by atoms with Gasteiger partial charge in [0.2, 0.25) is 5.60 Å². The fraction of sp³-hybridized carbons (Fsp3) is 0.567. The SMILES string of the molecule is CC(C)(C)OC(=O)CC1=N[C@](C)(c2nc(Br)ccc2F)CO[C@@]1(C)C(F)(F)F.C[C@@]1(c2nc(Br)ccc2F)CO[C@@](C)(C(F)(F)F)C(N)=N1. The Morgan fingerprint density at radius 3 is 1.59 bits per heavy atom. The molecule has 0 aliphatic carbocycles. The minimum atomic E-state index is -4.83. The van der Waals surface area contributed by atoms with Gasteiger partial charge in [0.25, 0.3) is 0 Å². The van der Waals surface area contributed by atoms with Gasteiger partial charge in [0.05, 0.1) is 25.3 Å². The maximum atomic E-state index is 14.3. The molecular weight excluding hydrogens is 806 g/mol. The molecule has 2 N–H and O–H groups in total. The van der Waals surface area contributed by atoms with E-state index in [1.54, 1.807) is 20.8 Å². The Morgan fingerprint density at radius 1 is 0.796 bits per heavy atom. The molecular formula is C30H33Br2F8N5O4. The topological polar surface area (TPSA) is 121 Å². The fourth-order valence-corrected chi connectivity index (χ4v) is 5.22. The summed E-state index contributed by atoms with van der Waals surface area (Å²) in [5.74, 6) is -3.09. The maximum absolute atomic E-state index is 14.3. The highest BCUT2D eigenvalue weighted by Gasteiger charge is 2.61. The van der Waals surface area contributed by atoms with Crippen LogP contribution in [0.25, 0.3) is 0 Å². The molecule has 0 bridgehead atoms. The summed E-state index contributed by atoms with van der Waals surface area (Å²) >= 11 is 6.19. The Bertz CT molecular complexity index is 1650. The summed E-state index contributed by atoms with van der Waals surface area (Å²) in [5.41, 5.74) is -4.82. The number of amidine groups is 1. The van der Waals surface area contributed by atoms with Crippen LogP contribution in [-0.2, 0) is 30.1 Å². The second kappa shape index (κ2) is 13.7. The molecule has 0 amide bonds. The van der Waals surface area contributed by atoms with E-state index in [9.17, 15) is 39.9 Å². The van der Waals surface area contributed by atoms with Crippen molar-refractivity contribution in [3.63, 3.8) is 0 Å². The number of aromatic nitrogens is 2. The predicted octanol–water partition coefficient (Wildman–Crippen LogP) is 7.63. The number of nitrogens with zero attached hydrogens (tertiary/aromatic N) is 4. The Hall–Kier alpha value is -2.77. The molecule has 0 saturated heterocycles. The average molecular weight is 839 g/mol. The van der Waals surface area contributed by atoms with Crippen molar-refractivity contribution in [2.45, 2.75) is 95.1 Å². The van der Waals surface area contributed by atoms with Crippen LogP contribution in [0.4, 0.5) is 35.1 Å². The summed E-state index contributed by atoms with van der Waals surface area (Å²) in [7, 11) is 0. The zero-order chi connectivity index (χ0) is 37.6. The molecule has 2 aliphatic heterocycles. The molecule has 49 heavy (non-hydrogen) atoms. The van der Waals surface area contributed by atoms with Crippen molar-refractivity contribution < 1.29 is 54.1 Å². The van der Waals surface area contributed by atoms with Gasteiger partial charge in [-0.15, -0.1) is 0 Å². The number of ether oxygens (including phenoxy) is 3. The maximum Gasteiger partial charge on any atom is 0.424 e. The normalized spacial score (nSPS) is 27.8. The first-order chi connectivity index (χ1) is 22.1. The van der Waals surface area contributed by atoms with Crippen LogP contribution >= 0.6 is 31.9 Å². The minimum Gasteiger partial charge on any atom is -0.460 e. The van der Waals surface area contributed by atoms with Crippen molar-refractivity contribution in [2.24, 2.45) is 15.7 Å². The molecule has 272 valence electrons. The number of aliphatic imine (C=N–C) groups is 2. The van der Waals surface area contributed by atoms with Gasteiger partial charge in [-0.05, 0) is 105 Å². The van der Waals surface area contributed by atoms with E-state index in [0.717, 1.165) is 26.0 Å². The number of halogens is 10. The molecule has 0 spiro atoms. The summed E-state index contributed by atoms with van der Waals surface area (Å²) in [6.45, 7) is 8.11. The Kier molecular flexibility index (Phi) is 11.4. The molecule has 2 aliphatic rings. The zero-order valence-electron chi connectivity index (χ0n) is 27.2. The Balaban J connectivity index is 0.000000276. The lowest BCUT2D eigenvalue weighted by Gasteiger charge is -2.42. The largest absolute Gasteiger partial charge is 0.460 e. The van der Waals surface area contributed by atoms with E-state index in [-0.39, 0.29) is 16.0 Å². The van der Waals surface area contributed by atoms with Crippen LogP contribution in [0.5, 0.6) is 0 Å². The van der Waals surface area contributed by atoms with Crippen molar-refractivity contribution in [1.82, 2.24) is 9.97 Å². The summed E-state index contributed by atoms with van der Waals surface area (Å²) in [6, 6.07) is 5.00. The van der Waals surface area contributed by atoms with Gasteiger partial charge in [0, 0.05) is 0 Å². The van der Waals surface area contributed by atoms with E-state index in [1.807, 2.05) is 0 Å². The quantitative estimate of drug-likeness (QED) is 0.191. The van der Waals surface area contributed by atoms with Gasteiger partial charge >= 0.3 is 18.3 Å². The molecule has 0 saturated carbocycles. The Morgan fingerprint density at radius 2 is 1.20 bits per heavy atom. The number of hydrogen-bond donors (Lipinski definition) is 1. The standard InChI is InChI=1S/C18H21BrF4N2O3.C12H12BrF4N3O/c1-15(2,3)28-13(26)8-11-17(5,18(21,22)23)27-9-16(4,25-11)14-10(20)6-7-12(19)24-14;1-10(8-6(14)3-4-7(13)19-8)5-21-11(2,9(18)20-10)12(15,16)17/h6-7H,8-9H2,1-5H3;3-4H,5H2,1-2H3,(H2,18,20)/t16-,17+;10-,11+/m00/s1. The van der Waals surface area contributed by atoms with E-state index in [1.165, 1.54) is 26.0 Å². The van der Waals surface area contributed by atoms with Crippen LogP contribution in [0.15, 0.2) is 43.5 Å². The molecule has 9 nitrogen and oxygen atoms in total. The third kappa shape index (κ3) is 8.76. The van der Waals surface area contributed by atoms with E-state index in [2.05, 4.69) is 51.8 Å². The number of rotatable bonds is 4. The van der Waals surface area contributed by atoms with Gasteiger partial charge in [-0.25, -0.2) is 18.7 Å². The lowest BCUT2D eigenvalue weighted by molar-refractivity contribution is -0.250. The van der Waals surface area contributed by atoms with Crippen molar-refractivity contribution in [3.8, 4) is 0 Å². The van der Waals surface area contributed by atoms with Gasteiger partial charge in [-0.2, -0.15) is 26.3 Å². The number of alkyl halides is 6. The number of pyridine rings is 2. The van der Waals surface area contributed by atoms with Gasteiger partial charge in [0.15, 0.2) is 5.60 Å². The number of nitrogens with two attached hydrogens (primary N) is 1. The molecule has 2 aromatic rings. The van der Waals surface area contributed by atoms with Crippen molar-refractivity contribution in [2.75, 3.05) is 13.2 Å². The van der Waals surface area contributed by atoms with E-state index >= 15 is 0 Å². The number of esters is 1. The second-order valence-corrected chi connectivity index (χ2v) is 14.6. The van der Waals surface area contributed by atoms with Crippen LogP contribution in [0.2, 0.25) is 0 Å². The summed E-state index contributed by atoms with van der Waals surface area (Å²) in [6.07, 6.45) is -10.3. The second-order valence-electron chi connectivity index (χ2n) is 12.9. The number of hydrogen-bond acceptors (Lipinski definition) is 9. The highest BCUT2D eigenvalue weighted by Crippen LogP contribution is 2.44. The van der Waals surface area contributed by atoms with Crippen molar-refractivity contribution >= 4 is 49.4 Å². The van der Waals surface area contributed by atoms with Gasteiger partial charge in [0.1, 0.15) is 54.7 Å². The third-order valence-electron chi connectivity index (χ3n) is 7.53. The van der Waals surface area contributed by atoms with Gasteiger partial charge in [-0.3, -0.25) is 14.8 Å². The van der Waals surface area contributed by atoms with Gasteiger partial charge < -0.3 is 19.9 Å². The molecule has 0 aromatic carbocycles. The van der Waals surface area contributed by atoms with Crippen LogP contribution < -0.4 is 5.73 Å². The first kappa shape index (κ1) is 40.7. The number of carbonyl (C=O) groups excluding carboxylic acids is 1. The average Bonchev–Trinajstić information content (AvgIpc) is 2.94. The third-order valence-corrected chi connectivity index (χ3v) is 8.41. The molecule has 19 heteroatoms. The lowest BCUT2D eigenvalue weighted by atomic mass is 9.89. The summed E-state index contributed by atoms with van der Waals surface area (Å²) in [5, 5.41) is 0. The molecule has 0 unspecified atom stereocenters. The highest BCUT2D eigenvalue weighted by atomic mass is 79.9. The monoisotopic (exact) mass is 837 g/mol. The molecule has 4 heterocycles. The first-order valence-corrected chi connectivity index (χ1v) is 15.9. The van der Waals surface area contributed by atoms with Gasteiger partial charge in [-0.1, -0.05) is 0 Å². The fourth-order valence-electron chi connectivity index (χ4n) is 4.60.